The molecule has 236 valence electrons. The number of Topliss-reactive ketones (excluding diaryl/α,β-unsaturated/α-hetero) is 1. The SMILES string of the molecule is CCOc1cc2c(cc1C(=O)NC)C(=N)N(CC(=O)c1cc3c(c(C(C)(C)C)c1)OCCN3CC(=O)OCc1ccccc1)C2. The van der Waals surface area contributed by atoms with Crippen LogP contribution in [0.4, 0.5) is 5.69 Å². The third-order valence-corrected chi connectivity index (χ3v) is 7.95. The van der Waals surface area contributed by atoms with E-state index in [4.69, 9.17) is 19.6 Å². The lowest BCUT2D eigenvalue weighted by Gasteiger charge is -2.35. The van der Waals surface area contributed by atoms with Gasteiger partial charge < -0.3 is 29.3 Å². The van der Waals surface area contributed by atoms with E-state index in [-0.39, 0.29) is 48.6 Å². The smallest absolute Gasteiger partial charge is 0.325 e. The molecule has 0 spiro atoms. The van der Waals surface area contributed by atoms with E-state index in [1.807, 2.05) is 48.2 Å². The van der Waals surface area contributed by atoms with Gasteiger partial charge in [-0.25, -0.2) is 0 Å². The van der Waals surface area contributed by atoms with Crippen LogP contribution in [0.2, 0.25) is 0 Å². The van der Waals surface area contributed by atoms with Crippen LogP contribution < -0.4 is 19.7 Å². The Labute approximate surface area is 263 Å². The molecular weight excluding hydrogens is 572 g/mol. The standard InChI is InChI=1S/C35H40N4O6/c1-6-43-30-16-24-18-39(33(36)25(24)17-26(30)34(42)37-5)19-29(40)23-14-27(35(2,3)4)32-28(15-23)38(12-13-44-32)20-31(41)45-21-22-10-8-7-9-11-22/h7-11,14-17,36H,6,12-13,18-21H2,1-5H3,(H,37,42). The maximum absolute atomic E-state index is 13.9. The number of carbonyl (C=O) groups is 3. The minimum Gasteiger partial charge on any atom is -0.493 e. The fraction of sp³-hybridized carbons (Fsp3) is 0.371. The third-order valence-electron chi connectivity index (χ3n) is 7.95. The Bertz CT molecular complexity index is 1630. The molecule has 0 aromatic heterocycles. The number of ketones is 1. The summed E-state index contributed by atoms with van der Waals surface area (Å²) < 4.78 is 17.4. The van der Waals surface area contributed by atoms with Crippen molar-refractivity contribution in [3.8, 4) is 11.5 Å². The number of esters is 1. The van der Waals surface area contributed by atoms with E-state index in [0.29, 0.717) is 60.2 Å². The molecule has 0 atom stereocenters. The summed E-state index contributed by atoms with van der Waals surface area (Å²) >= 11 is 0. The molecule has 0 fully saturated rings. The van der Waals surface area contributed by atoms with E-state index < -0.39 is 0 Å². The Morgan fingerprint density at radius 2 is 1.78 bits per heavy atom. The van der Waals surface area contributed by atoms with Crippen molar-refractivity contribution in [1.29, 1.82) is 5.41 Å². The first kappa shape index (κ1) is 31.6. The maximum atomic E-state index is 13.9. The monoisotopic (exact) mass is 612 g/mol. The van der Waals surface area contributed by atoms with Gasteiger partial charge in [0.2, 0.25) is 0 Å². The second kappa shape index (κ2) is 13.0. The zero-order chi connectivity index (χ0) is 32.3. The summed E-state index contributed by atoms with van der Waals surface area (Å²) in [6.07, 6.45) is 0. The summed E-state index contributed by atoms with van der Waals surface area (Å²) in [5.41, 5.74) is 4.33. The number of benzene rings is 3. The van der Waals surface area contributed by atoms with Crippen molar-refractivity contribution >= 4 is 29.2 Å². The zero-order valence-corrected chi connectivity index (χ0v) is 26.5. The first-order valence-electron chi connectivity index (χ1n) is 15.1. The quantitative estimate of drug-likeness (QED) is 0.250. The highest BCUT2D eigenvalue weighted by molar-refractivity contribution is 6.08. The number of hydrogen-bond acceptors (Lipinski definition) is 8. The lowest BCUT2D eigenvalue weighted by atomic mass is 9.84. The van der Waals surface area contributed by atoms with Crippen molar-refractivity contribution in [2.24, 2.45) is 0 Å². The van der Waals surface area contributed by atoms with Crippen LogP contribution in [-0.2, 0) is 28.1 Å². The molecule has 2 N–H and O–H groups in total. The van der Waals surface area contributed by atoms with Gasteiger partial charge in [0.1, 0.15) is 37.1 Å². The van der Waals surface area contributed by atoms with Crippen molar-refractivity contribution in [3.63, 3.8) is 0 Å². The summed E-state index contributed by atoms with van der Waals surface area (Å²) in [5.74, 6) is 0.437. The molecule has 3 aromatic carbocycles. The summed E-state index contributed by atoms with van der Waals surface area (Å²) in [5, 5.41) is 11.5. The highest BCUT2D eigenvalue weighted by Crippen LogP contribution is 2.42. The number of fused-ring (bicyclic) bond motifs is 2. The Morgan fingerprint density at radius 1 is 1.02 bits per heavy atom. The molecule has 10 nitrogen and oxygen atoms in total. The number of nitrogens with zero attached hydrogens (tertiary/aromatic N) is 2. The normalized spacial score (nSPS) is 13.9. The van der Waals surface area contributed by atoms with Crippen molar-refractivity contribution in [1.82, 2.24) is 10.2 Å². The van der Waals surface area contributed by atoms with Gasteiger partial charge in [-0.15, -0.1) is 0 Å². The van der Waals surface area contributed by atoms with Crippen molar-refractivity contribution < 1.29 is 28.6 Å². The predicted octanol–water partition coefficient (Wildman–Crippen LogP) is 4.71. The Kier molecular flexibility index (Phi) is 9.13. The molecule has 0 saturated heterocycles. The second-order valence-corrected chi connectivity index (χ2v) is 12.2. The van der Waals surface area contributed by atoms with Gasteiger partial charge in [0, 0.05) is 30.3 Å². The summed E-state index contributed by atoms with van der Waals surface area (Å²) in [6.45, 7) is 9.79. The topological polar surface area (TPSA) is 121 Å². The van der Waals surface area contributed by atoms with E-state index in [1.54, 1.807) is 30.1 Å². The van der Waals surface area contributed by atoms with Crippen LogP contribution in [0, 0.1) is 5.41 Å². The number of amides is 1. The average molecular weight is 613 g/mol. The van der Waals surface area contributed by atoms with Crippen LogP contribution in [0.5, 0.6) is 11.5 Å². The molecule has 0 aliphatic carbocycles. The zero-order valence-electron chi connectivity index (χ0n) is 26.5. The van der Waals surface area contributed by atoms with Gasteiger partial charge >= 0.3 is 5.97 Å². The molecule has 2 aliphatic rings. The van der Waals surface area contributed by atoms with Crippen LogP contribution in [0.1, 0.15) is 70.7 Å². The first-order chi connectivity index (χ1) is 21.5. The number of rotatable bonds is 10. The largest absolute Gasteiger partial charge is 0.493 e. The third kappa shape index (κ3) is 6.79. The van der Waals surface area contributed by atoms with Gasteiger partial charge in [0.15, 0.2) is 5.78 Å². The van der Waals surface area contributed by atoms with Crippen LogP contribution >= 0.6 is 0 Å². The summed E-state index contributed by atoms with van der Waals surface area (Å²) in [7, 11) is 1.55. The number of hydrogen-bond donors (Lipinski definition) is 2. The molecule has 0 saturated carbocycles. The number of amidine groups is 1. The molecule has 10 heteroatoms. The van der Waals surface area contributed by atoms with Crippen molar-refractivity contribution in [2.75, 3.05) is 44.8 Å². The number of carbonyl (C=O) groups excluding carboxylic acids is 3. The number of ether oxygens (including phenoxy) is 3. The molecule has 1 amide bonds. The maximum Gasteiger partial charge on any atom is 0.325 e. The lowest BCUT2D eigenvalue weighted by Crippen LogP contribution is -2.38. The fourth-order valence-corrected chi connectivity index (χ4v) is 5.62. The predicted molar refractivity (Wildman–Crippen MR) is 172 cm³/mol. The van der Waals surface area contributed by atoms with Gasteiger partial charge in [0.05, 0.1) is 30.9 Å². The minimum absolute atomic E-state index is 0.0202. The van der Waals surface area contributed by atoms with Crippen LogP contribution in [-0.4, -0.2) is 68.3 Å². The molecule has 2 aliphatic heterocycles. The summed E-state index contributed by atoms with van der Waals surface area (Å²) in [6, 6.07) is 16.6. The van der Waals surface area contributed by atoms with E-state index in [0.717, 1.165) is 16.7 Å². The molecule has 0 radical (unpaired) electrons. The van der Waals surface area contributed by atoms with Crippen molar-refractivity contribution in [3.05, 3.63) is 88.0 Å². The lowest BCUT2D eigenvalue weighted by molar-refractivity contribution is -0.143. The first-order valence-corrected chi connectivity index (χ1v) is 15.1. The minimum atomic E-state index is -0.369. The van der Waals surface area contributed by atoms with E-state index in [9.17, 15) is 14.4 Å². The van der Waals surface area contributed by atoms with Crippen LogP contribution in [0.3, 0.4) is 0 Å². The van der Waals surface area contributed by atoms with Gasteiger partial charge in [-0.3, -0.25) is 19.8 Å². The molecule has 0 unspecified atom stereocenters. The van der Waals surface area contributed by atoms with Gasteiger partial charge in [0.25, 0.3) is 5.91 Å². The Balaban J connectivity index is 1.38. The van der Waals surface area contributed by atoms with E-state index >= 15 is 0 Å². The Hall–Kier alpha value is -4.86. The molecule has 0 bridgehead atoms. The fourth-order valence-electron chi connectivity index (χ4n) is 5.62. The highest BCUT2D eigenvalue weighted by Gasteiger charge is 2.32. The van der Waals surface area contributed by atoms with Gasteiger partial charge in [-0.2, -0.15) is 0 Å². The average Bonchev–Trinajstić information content (AvgIpc) is 3.32. The number of nitrogens with one attached hydrogen (secondary N) is 2. The molecule has 5 rings (SSSR count). The van der Waals surface area contributed by atoms with Crippen LogP contribution in [0.25, 0.3) is 0 Å². The Morgan fingerprint density at radius 3 is 2.47 bits per heavy atom. The van der Waals surface area contributed by atoms with Crippen molar-refractivity contribution in [2.45, 2.75) is 46.3 Å². The van der Waals surface area contributed by atoms with Gasteiger partial charge in [-0.05, 0) is 47.7 Å². The van der Waals surface area contributed by atoms with E-state index in [1.165, 1.54) is 0 Å². The molecule has 2 heterocycles. The molecular formula is C35H40N4O6. The molecule has 3 aromatic rings. The highest BCUT2D eigenvalue weighted by atomic mass is 16.5. The molecule has 45 heavy (non-hydrogen) atoms. The second-order valence-electron chi connectivity index (χ2n) is 12.2. The summed E-state index contributed by atoms with van der Waals surface area (Å²) in [4.78, 5) is 42.9. The van der Waals surface area contributed by atoms with E-state index in [2.05, 4.69) is 26.1 Å². The number of anilines is 1. The van der Waals surface area contributed by atoms with Crippen LogP contribution in [0.15, 0.2) is 54.6 Å². The van der Waals surface area contributed by atoms with Gasteiger partial charge in [-0.1, -0.05) is 51.1 Å².